The van der Waals surface area contributed by atoms with Gasteiger partial charge in [-0.2, -0.15) is 0 Å². The molecule has 0 unspecified atom stereocenters. The maximum absolute atomic E-state index is 13.0. The van der Waals surface area contributed by atoms with Crippen LogP contribution >= 0.6 is 23.2 Å². The zero-order valence-corrected chi connectivity index (χ0v) is 11.7. The molecule has 6 heteroatoms. The molecular formula is C14H10Cl2FNO2. The number of esters is 1. The van der Waals surface area contributed by atoms with Gasteiger partial charge in [0.25, 0.3) is 0 Å². The van der Waals surface area contributed by atoms with Gasteiger partial charge in [-0.15, -0.1) is 0 Å². The van der Waals surface area contributed by atoms with Gasteiger partial charge in [0.1, 0.15) is 12.4 Å². The van der Waals surface area contributed by atoms with Gasteiger partial charge in [-0.05, 0) is 30.3 Å². The molecule has 0 aliphatic rings. The molecule has 3 nitrogen and oxygen atoms in total. The van der Waals surface area contributed by atoms with Crippen molar-refractivity contribution in [2.45, 2.75) is 6.61 Å². The molecule has 0 fully saturated rings. The summed E-state index contributed by atoms with van der Waals surface area (Å²) in [7, 11) is 0. The van der Waals surface area contributed by atoms with Crippen molar-refractivity contribution < 1.29 is 13.9 Å². The molecule has 0 aliphatic heterocycles. The summed E-state index contributed by atoms with van der Waals surface area (Å²) >= 11 is 11.7. The van der Waals surface area contributed by atoms with E-state index in [0.29, 0.717) is 15.6 Å². The molecule has 0 amide bonds. The summed E-state index contributed by atoms with van der Waals surface area (Å²) in [6.45, 7) is -0.00782. The van der Waals surface area contributed by atoms with Crippen molar-refractivity contribution in [3.05, 3.63) is 63.4 Å². The van der Waals surface area contributed by atoms with Crippen LogP contribution in [0.4, 0.5) is 10.1 Å². The van der Waals surface area contributed by atoms with Crippen LogP contribution in [0.15, 0.2) is 36.4 Å². The first-order valence-electron chi connectivity index (χ1n) is 5.63. The number of carbonyl (C=O) groups excluding carboxylic acids is 1. The predicted molar refractivity (Wildman–Crippen MR) is 76.4 cm³/mol. The van der Waals surface area contributed by atoms with E-state index in [1.807, 2.05) is 0 Å². The molecule has 0 heterocycles. The van der Waals surface area contributed by atoms with Gasteiger partial charge >= 0.3 is 5.97 Å². The normalized spacial score (nSPS) is 10.3. The summed E-state index contributed by atoms with van der Waals surface area (Å²) in [5, 5.41) is 0.903. The van der Waals surface area contributed by atoms with Crippen molar-refractivity contribution in [1.82, 2.24) is 0 Å². The molecule has 2 N–H and O–H groups in total. The predicted octanol–water partition coefficient (Wildman–Crippen LogP) is 4.07. The highest BCUT2D eigenvalue weighted by atomic mass is 35.5. The number of nitrogen functional groups attached to an aromatic ring is 1. The van der Waals surface area contributed by atoms with E-state index in [9.17, 15) is 9.18 Å². The first kappa shape index (κ1) is 14.6. The Morgan fingerprint density at radius 3 is 2.60 bits per heavy atom. The Kier molecular flexibility index (Phi) is 4.47. The lowest BCUT2D eigenvalue weighted by Crippen LogP contribution is -2.06. The Balaban J connectivity index is 2.06. The Hall–Kier alpha value is -1.78. The highest BCUT2D eigenvalue weighted by Crippen LogP contribution is 2.22. The quantitative estimate of drug-likeness (QED) is 0.686. The molecule has 2 aromatic rings. The van der Waals surface area contributed by atoms with Crippen LogP contribution in [-0.2, 0) is 11.3 Å². The van der Waals surface area contributed by atoms with Gasteiger partial charge in [0.2, 0.25) is 0 Å². The maximum Gasteiger partial charge on any atom is 0.338 e. The lowest BCUT2D eigenvalue weighted by Gasteiger charge is -2.07. The molecule has 2 aromatic carbocycles. The first-order chi connectivity index (χ1) is 9.47. The van der Waals surface area contributed by atoms with E-state index in [1.54, 1.807) is 18.2 Å². The lowest BCUT2D eigenvalue weighted by atomic mass is 10.2. The third-order valence-electron chi connectivity index (χ3n) is 2.61. The maximum atomic E-state index is 13.0. The number of anilines is 1. The van der Waals surface area contributed by atoms with Crippen molar-refractivity contribution in [3.8, 4) is 0 Å². The number of benzene rings is 2. The van der Waals surface area contributed by atoms with E-state index in [-0.39, 0.29) is 17.9 Å². The molecule has 20 heavy (non-hydrogen) atoms. The molecule has 0 aromatic heterocycles. The van der Waals surface area contributed by atoms with Crippen LogP contribution in [0.1, 0.15) is 15.9 Å². The smallest absolute Gasteiger partial charge is 0.338 e. The second kappa shape index (κ2) is 6.11. The van der Waals surface area contributed by atoms with E-state index in [1.165, 1.54) is 12.1 Å². The summed E-state index contributed by atoms with van der Waals surface area (Å²) in [6.07, 6.45) is 0. The molecular weight excluding hydrogens is 304 g/mol. The van der Waals surface area contributed by atoms with Crippen molar-refractivity contribution in [3.63, 3.8) is 0 Å². The molecule has 2 rings (SSSR count). The van der Waals surface area contributed by atoms with Gasteiger partial charge < -0.3 is 10.5 Å². The van der Waals surface area contributed by atoms with Gasteiger partial charge in [-0.25, -0.2) is 9.18 Å². The zero-order valence-electron chi connectivity index (χ0n) is 10.2. The van der Waals surface area contributed by atoms with Crippen LogP contribution in [-0.4, -0.2) is 5.97 Å². The van der Waals surface area contributed by atoms with Crippen molar-refractivity contribution in [2.24, 2.45) is 0 Å². The van der Waals surface area contributed by atoms with Crippen LogP contribution in [0.5, 0.6) is 0 Å². The highest BCUT2D eigenvalue weighted by Gasteiger charge is 2.11. The molecule has 0 atom stereocenters. The van der Waals surface area contributed by atoms with Crippen molar-refractivity contribution >= 4 is 34.9 Å². The van der Waals surface area contributed by atoms with Gasteiger partial charge in [0.15, 0.2) is 0 Å². The number of hydrogen-bond donors (Lipinski definition) is 1. The van der Waals surface area contributed by atoms with Crippen LogP contribution in [0.2, 0.25) is 10.0 Å². The Morgan fingerprint density at radius 2 is 1.95 bits per heavy atom. The van der Waals surface area contributed by atoms with Crippen LogP contribution < -0.4 is 5.73 Å². The molecule has 104 valence electrons. The number of hydrogen-bond acceptors (Lipinski definition) is 3. The van der Waals surface area contributed by atoms with Gasteiger partial charge in [0.05, 0.1) is 11.3 Å². The van der Waals surface area contributed by atoms with Gasteiger partial charge in [-0.1, -0.05) is 29.3 Å². The largest absolute Gasteiger partial charge is 0.457 e. The third-order valence-corrected chi connectivity index (χ3v) is 3.19. The number of nitrogens with two attached hydrogens (primary N) is 1. The van der Waals surface area contributed by atoms with E-state index in [0.717, 1.165) is 6.07 Å². The second-order valence-electron chi connectivity index (χ2n) is 4.05. The van der Waals surface area contributed by atoms with Crippen molar-refractivity contribution in [2.75, 3.05) is 5.73 Å². The fourth-order valence-electron chi connectivity index (χ4n) is 1.54. The van der Waals surface area contributed by atoms with Crippen LogP contribution in [0, 0.1) is 5.82 Å². The van der Waals surface area contributed by atoms with Crippen LogP contribution in [0.3, 0.4) is 0 Å². The lowest BCUT2D eigenvalue weighted by molar-refractivity contribution is 0.0473. The minimum absolute atomic E-state index is 0.00782. The zero-order chi connectivity index (χ0) is 14.7. The monoisotopic (exact) mass is 313 g/mol. The number of halogens is 3. The van der Waals surface area contributed by atoms with E-state index in [2.05, 4.69) is 0 Å². The standard InChI is InChI=1S/C14H10Cl2FNO2/c15-10-3-1-9(11(16)6-10)7-20-14(19)8-2-4-12(17)13(18)5-8/h1-6H,7,18H2. The Labute approximate surface area is 125 Å². The summed E-state index contributed by atoms with van der Waals surface area (Å²) in [4.78, 5) is 11.8. The van der Waals surface area contributed by atoms with Crippen molar-refractivity contribution in [1.29, 1.82) is 0 Å². The third kappa shape index (κ3) is 3.40. The fourth-order valence-corrected chi connectivity index (χ4v) is 2.00. The summed E-state index contributed by atoms with van der Waals surface area (Å²) < 4.78 is 18.1. The highest BCUT2D eigenvalue weighted by molar-refractivity contribution is 6.35. The molecule has 0 bridgehead atoms. The fraction of sp³-hybridized carbons (Fsp3) is 0.0714. The minimum Gasteiger partial charge on any atom is -0.457 e. The second-order valence-corrected chi connectivity index (χ2v) is 4.89. The summed E-state index contributed by atoms with van der Waals surface area (Å²) in [6, 6.07) is 8.51. The first-order valence-corrected chi connectivity index (χ1v) is 6.39. The topological polar surface area (TPSA) is 52.3 Å². The van der Waals surface area contributed by atoms with Gasteiger partial charge in [0, 0.05) is 15.6 Å². The molecule has 0 aliphatic carbocycles. The molecule has 0 spiro atoms. The SMILES string of the molecule is Nc1cc(C(=O)OCc2ccc(Cl)cc2Cl)ccc1F. The summed E-state index contributed by atoms with van der Waals surface area (Å²) in [5.74, 6) is -1.19. The average molecular weight is 314 g/mol. The number of rotatable bonds is 3. The van der Waals surface area contributed by atoms with Gasteiger partial charge in [-0.3, -0.25) is 0 Å². The van der Waals surface area contributed by atoms with Crippen LogP contribution in [0.25, 0.3) is 0 Å². The Bertz CT molecular complexity index is 662. The molecule has 0 radical (unpaired) electrons. The van der Waals surface area contributed by atoms with E-state index in [4.69, 9.17) is 33.7 Å². The molecule has 0 saturated heterocycles. The number of carbonyl (C=O) groups is 1. The van der Waals surface area contributed by atoms with E-state index >= 15 is 0 Å². The number of ether oxygens (including phenoxy) is 1. The average Bonchev–Trinajstić information content (AvgIpc) is 2.40. The summed E-state index contributed by atoms with van der Waals surface area (Å²) in [5.41, 5.74) is 6.08. The van der Waals surface area contributed by atoms with E-state index < -0.39 is 11.8 Å². The minimum atomic E-state index is -0.609. The molecule has 0 saturated carbocycles. The Morgan fingerprint density at radius 1 is 1.20 bits per heavy atom.